The van der Waals surface area contributed by atoms with Crippen molar-refractivity contribution >= 4 is 11.8 Å². The Labute approximate surface area is 276 Å². The van der Waals surface area contributed by atoms with Crippen molar-refractivity contribution in [3.63, 3.8) is 0 Å². The molecule has 1 aromatic carbocycles. The molecule has 2 fully saturated rings. The Bertz CT molecular complexity index is 1450. The number of aliphatic hydroxyl groups is 1. The number of esters is 1. The maximum Gasteiger partial charge on any atom is 0.333 e. The number of nitrogens with zero attached hydrogens (tertiary/aromatic N) is 3. The molecule has 1 heterocycles. The Hall–Kier alpha value is -3.32. The first-order chi connectivity index (χ1) is 21.7. The Morgan fingerprint density at radius 1 is 0.978 bits per heavy atom. The van der Waals surface area contributed by atoms with Crippen LogP contribution in [-0.2, 0) is 20.9 Å². The molecule has 1 N–H and O–H groups in total. The van der Waals surface area contributed by atoms with E-state index in [1.807, 2.05) is 43.3 Å². The number of allylic oxidation sites excluding steroid dienone is 5. The third kappa shape index (κ3) is 8.52. The molecular weight excluding hydrogens is 574 g/mol. The maximum absolute atomic E-state index is 12.8. The average Bonchev–Trinajstić information content (AvgIpc) is 3.49. The molecule has 0 unspecified atom stereocenters. The van der Waals surface area contributed by atoms with Crippen LogP contribution in [-0.4, -0.2) is 37.5 Å². The highest BCUT2D eigenvalue weighted by Gasteiger charge is 2.59. The first kappa shape index (κ1) is 35.5. The molecule has 7 nitrogen and oxygen atoms in total. The first-order valence-corrected chi connectivity index (χ1v) is 17.1. The minimum Gasteiger partial charge on any atom is -0.456 e. The van der Waals surface area contributed by atoms with Crippen LogP contribution in [0.15, 0.2) is 71.5 Å². The van der Waals surface area contributed by atoms with Gasteiger partial charge in [0.1, 0.15) is 18.1 Å². The summed E-state index contributed by atoms with van der Waals surface area (Å²) in [5.74, 6) is 0.584. The number of fused-ring (bicyclic) bond motifs is 1. The number of aromatic nitrogens is 3. The summed E-state index contributed by atoms with van der Waals surface area (Å²) in [7, 11) is 0. The highest BCUT2D eigenvalue weighted by molar-refractivity contribution is 5.87. The number of carbonyl (C=O) groups is 2. The molecule has 4 rings (SSSR count). The lowest BCUT2D eigenvalue weighted by Crippen LogP contribution is -2.59. The minimum absolute atomic E-state index is 0.00561. The molecule has 0 bridgehead atoms. The molecule has 2 saturated carbocycles. The molecule has 2 aliphatic carbocycles. The van der Waals surface area contributed by atoms with Crippen LogP contribution in [0.1, 0.15) is 118 Å². The van der Waals surface area contributed by atoms with E-state index in [2.05, 4.69) is 57.1 Å². The molecule has 0 aliphatic heterocycles. The van der Waals surface area contributed by atoms with E-state index in [1.165, 1.54) is 11.1 Å². The number of ether oxygens (including phenoxy) is 1. The summed E-state index contributed by atoms with van der Waals surface area (Å²) in [5, 5.41) is 19.6. The van der Waals surface area contributed by atoms with E-state index in [4.69, 9.17) is 4.74 Å². The molecule has 0 radical (unpaired) electrons. The third-order valence-corrected chi connectivity index (χ3v) is 11.0. The van der Waals surface area contributed by atoms with Crippen LogP contribution < -0.4 is 0 Å². The Balaban J connectivity index is 1.18. The van der Waals surface area contributed by atoms with Gasteiger partial charge in [0.05, 0.1) is 17.5 Å². The molecule has 4 atom stereocenters. The monoisotopic (exact) mass is 629 g/mol. The first-order valence-electron chi connectivity index (χ1n) is 17.1. The van der Waals surface area contributed by atoms with E-state index >= 15 is 0 Å². The number of Topliss-reactive ketones (excluding diaryl/α,β-unsaturated/α-hetero) is 1. The van der Waals surface area contributed by atoms with E-state index in [1.54, 1.807) is 17.8 Å². The molecule has 2 aromatic rings. The predicted molar refractivity (Wildman–Crippen MR) is 183 cm³/mol. The quantitative estimate of drug-likeness (QED) is 0.135. The van der Waals surface area contributed by atoms with E-state index in [-0.39, 0.29) is 29.3 Å². The second kappa shape index (κ2) is 15.1. The van der Waals surface area contributed by atoms with Gasteiger partial charge in [-0.3, -0.25) is 4.79 Å². The van der Waals surface area contributed by atoms with Gasteiger partial charge in [-0.25, -0.2) is 9.48 Å². The Morgan fingerprint density at radius 2 is 1.63 bits per heavy atom. The highest BCUT2D eigenvalue weighted by atomic mass is 16.5. The summed E-state index contributed by atoms with van der Waals surface area (Å²) < 4.78 is 7.11. The van der Waals surface area contributed by atoms with E-state index in [0.717, 1.165) is 63.5 Å². The van der Waals surface area contributed by atoms with Crippen molar-refractivity contribution in [2.45, 2.75) is 125 Å². The molecule has 0 saturated heterocycles. The Morgan fingerprint density at radius 3 is 2.33 bits per heavy atom. The van der Waals surface area contributed by atoms with Gasteiger partial charge in [0.2, 0.25) is 0 Å². The van der Waals surface area contributed by atoms with E-state index in [0.29, 0.717) is 29.4 Å². The lowest BCUT2D eigenvalue weighted by atomic mass is 9.45. The predicted octanol–water partition coefficient (Wildman–Crippen LogP) is 8.66. The minimum atomic E-state index is -0.684. The molecule has 0 amide bonds. The average molecular weight is 630 g/mol. The lowest BCUT2D eigenvalue weighted by Gasteiger charge is -2.60. The van der Waals surface area contributed by atoms with Crippen molar-refractivity contribution in [2.75, 3.05) is 0 Å². The van der Waals surface area contributed by atoms with Gasteiger partial charge in [0.15, 0.2) is 0 Å². The number of hydrogen-bond acceptors (Lipinski definition) is 6. The molecule has 1 aromatic heterocycles. The van der Waals surface area contributed by atoms with E-state index < -0.39 is 5.60 Å². The van der Waals surface area contributed by atoms with Crippen LogP contribution in [0.25, 0.3) is 5.69 Å². The van der Waals surface area contributed by atoms with Crippen molar-refractivity contribution < 1.29 is 19.4 Å². The highest BCUT2D eigenvalue weighted by Crippen LogP contribution is 2.62. The fourth-order valence-electron chi connectivity index (χ4n) is 8.14. The van der Waals surface area contributed by atoms with Crippen molar-refractivity contribution in [1.82, 2.24) is 15.0 Å². The van der Waals surface area contributed by atoms with Gasteiger partial charge < -0.3 is 9.84 Å². The molecule has 250 valence electrons. The number of ketones is 1. The third-order valence-electron chi connectivity index (χ3n) is 11.0. The summed E-state index contributed by atoms with van der Waals surface area (Å²) in [6.07, 6.45) is 17.2. The van der Waals surface area contributed by atoms with Crippen LogP contribution in [0, 0.1) is 22.7 Å². The maximum atomic E-state index is 12.8. The number of benzene rings is 1. The zero-order valence-electron chi connectivity index (χ0n) is 29.1. The summed E-state index contributed by atoms with van der Waals surface area (Å²) >= 11 is 0. The van der Waals surface area contributed by atoms with Gasteiger partial charge in [-0.15, -0.1) is 5.10 Å². The van der Waals surface area contributed by atoms with Crippen LogP contribution in [0.2, 0.25) is 0 Å². The lowest BCUT2D eigenvalue weighted by molar-refractivity contribution is -0.177. The van der Waals surface area contributed by atoms with Gasteiger partial charge in [-0.2, -0.15) is 0 Å². The zero-order chi connectivity index (χ0) is 33.5. The normalized spacial score (nSPS) is 27.0. The fourth-order valence-corrected chi connectivity index (χ4v) is 8.14. The van der Waals surface area contributed by atoms with Gasteiger partial charge >= 0.3 is 5.97 Å². The number of para-hydroxylation sites is 1. The second-order valence-corrected chi connectivity index (χ2v) is 14.9. The largest absolute Gasteiger partial charge is 0.456 e. The van der Waals surface area contributed by atoms with Gasteiger partial charge in [-0.1, -0.05) is 73.6 Å². The van der Waals surface area contributed by atoms with Crippen LogP contribution in [0.3, 0.4) is 0 Å². The molecule has 7 heteroatoms. The van der Waals surface area contributed by atoms with Crippen molar-refractivity contribution in [1.29, 1.82) is 0 Å². The number of hydrogen-bond donors (Lipinski definition) is 1. The molecular formula is C39H55N3O4. The van der Waals surface area contributed by atoms with Gasteiger partial charge in [0.25, 0.3) is 0 Å². The van der Waals surface area contributed by atoms with Gasteiger partial charge in [0, 0.05) is 17.4 Å². The topological polar surface area (TPSA) is 94.3 Å². The summed E-state index contributed by atoms with van der Waals surface area (Å²) in [6, 6.07) is 9.69. The zero-order valence-corrected chi connectivity index (χ0v) is 29.1. The van der Waals surface area contributed by atoms with Crippen molar-refractivity contribution in [2.24, 2.45) is 22.7 Å². The molecule has 2 aliphatic rings. The summed E-state index contributed by atoms with van der Waals surface area (Å²) in [6.45, 7) is 14.8. The Kier molecular flexibility index (Phi) is 11.6. The standard InChI is InChI=1S/C39H55N3O4/c1-28(16-12-18-30(3)36(44)46-27-31-26-42(41-40-31)32-19-9-8-10-20-32)14-11-15-29(2)17-13-21-34-38(6)24-23-35(43)37(4,5)33(38)22-25-39(34,7)45/h8-10,14,17-20,26,33-34,45H,11-13,15-16,21-25,27H2,1-7H3/b28-14+,29-17+,30-18+/t33-,34-,38+,39-/m1/s1. The second-order valence-electron chi connectivity index (χ2n) is 14.9. The summed E-state index contributed by atoms with van der Waals surface area (Å²) in [4.78, 5) is 25.2. The smallest absolute Gasteiger partial charge is 0.333 e. The fraction of sp³-hybridized carbons (Fsp3) is 0.590. The molecule has 0 spiro atoms. The van der Waals surface area contributed by atoms with Crippen LogP contribution >= 0.6 is 0 Å². The van der Waals surface area contributed by atoms with Crippen molar-refractivity contribution in [3.05, 3.63) is 77.2 Å². The number of carbonyl (C=O) groups excluding carboxylic acids is 2. The SMILES string of the molecule is C/C(=C\CC/C(C)=C/CC[C@@H]1[C@@]2(C)CCC(=O)C(C)(C)[C@H]2CC[C@@]1(C)O)CC/C=C(\C)C(=O)OCc1cn(-c2ccccc2)nn1. The number of rotatable bonds is 13. The van der Waals surface area contributed by atoms with Crippen molar-refractivity contribution in [3.8, 4) is 5.69 Å². The summed E-state index contributed by atoms with van der Waals surface area (Å²) in [5.41, 5.74) is 3.80. The van der Waals surface area contributed by atoms with Gasteiger partial charge in [-0.05, 0) is 115 Å². The molecule has 46 heavy (non-hydrogen) atoms. The van der Waals surface area contributed by atoms with Crippen LogP contribution in [0.5, 0.6) is 0 Å². The van der Waals surface area contributed by atoms with Crippen LogP contribution in [0.4, 0.5) is 0 Å². The van der Waals surface area contributed by atoms with E-state index in [9.17, 15) is 14.7 Å².